The zero-order valence-corrected chi connectivity index (χ0v) is 25.5. The van der Waals surface area contributed by atoms with Crippen molar-refractivity contribution in [1.29, 1.82) is 0 Å². The number of nitrogens with one attached hydrogen (secondary N) is 1. The Kier molecular flexibility index (Phi) is 10.0. The van der Waals surface area contributed by atoms with E-state index in [0.717, 1.165) is 16.6 Å². The Labute approximate surface area is 261 Å². The van der Waals surface area contributed by atoms with Crippen molar-refractivity contribution in [2.24, 2.45) is 5.92 Å². The number of hydrogen-bond donors (Lipinski definition) is 2. The van der Waals surface area contributed by atoms with Gasteiger partial charge in [0.05, 0.1) is 37.5 Å². The number of piperidine rings is 1. The van der Waals surface area contributed by atoms with E-state index in [1.165, 1.54) is 0 Å². The highest BCUT2D eigenvalue weighted by Crippen LogP contribution is 2.43. The first kappa shape index (κ1) is 31.2. The van der Waals surface area contributed by atoms with Gasteiger partial charge < -0.3 is 43.4 Å². The molecule has 45 heavy (non-hydrogen) atoms. The number of carbonyl (C=O) groups is 1. The molecule has 2 N–H and O–H groups in total. The minimum absolute atomic E-state index is 0.00470. The van der Waals surface area contributed by atoms with Gasteiger partial charge in [0.1, 0.15) is 0 Å². The summed E-state index contributed by atoms with van der Waals surface area (Å²) >= 11 is 0. The Morgan fingerprint density at radius 1 is 1.02 bits per heavy atom. The number of H-pyrrole nitrogens is 1. The molecule has 3 aromatic rings. The summed E-state index contributed by atoms with van der Waals surface area (Å²) in [6, 6.07) is 13.5. The van der Waals surface area contributed by atoms with Gasteiger partial charge in [-0.1, -0.05) is 18.2 Å². The van der Waals surface area contributed by atoms with Crippen LogP contribution in [0.5, 0.6) is 11.5 Å². The number of nitrogens with zero attached hydrogens (tertiary/aromatic N) is 2. The lowest BCUT2D eigenvalue weighted by molar-refractivity contribution is -0.172. The quantitative estimate of drug-likeness (QED) is 0.275. The topological polar surface area (TPSA) is 134 Å². The minimum Gasteiger partial charge on any atom is -0.459 e. The van der Waals surface area contributed by atoms with Crippen molar-refractivity contribution >= 4 is 16.9 Å². The molecule has 3 atom stereocenters. The maximum atomic E-state index is 13.9. The maximum absolute atomic E-state index is 13.9. The van der Waals surface area contributed by atoms with Crippen molar-refractivity contribution in [1.82, 2.24) is 14.5 Å². The summed E-state index contributed by atoms with van der Waals surface area (Å²) in [7, 11) is 0. The van der Waals surface area contributed by atoms with Gasteiger partial charge in [-0.15, -0.1) is 0 Å². The van der Waals surface area contributed by atoms with Crippen LogP contribution in [0, 0.1) is 5.92 Å². The molecule has 2 aromatic carbocycles. The van der Waals surface area contributed by atoms with E-state index < -0.39 is 6.29 Å². The van der Waals surface area contributed by atoms with Crippen molar-refractivity contribution < 1.29 is 38.3 Å². The molecule has 3 aliphatic heterocycles. The minimum atomic E-state index is -0.661. The molecule has 0 saturated carbocycles. The molecular formula is C33H41N3O9. The van der Waals surface area contributed by atoms with Crippen LogP contribution in [-0.4, -0.2) is 91.3 Å². The number of carbonyl (C=O) groups excluding carboxylic acids is 1. The predicted molar refractivity (Wildman–Crippen MR) is 164 cm³/mol. The summed E-state index contributed by atoms with van der Waals surface area (Å²) in [5.41, 5.74) is 2.53. The zero-order chi connectivity index (χ0) is 31.2. The second-order valence-corrected chi connectivity index (χ2v) is 11.4. The summed E-state index contributed by atoms with van der Waals surface area (Å²) in [5.74, 6) is 1.07. The fraction of sp³-hybridized carbons (Fsp3) is 0.515. The summed E-state index contributed by atoms with van der Waals surface area (Å²) in [6.07, 6.45) is 3.17. The number of para-hydroxylation sites is 2. The van der Waals surface area contributed by atoms with Gasteiger partial charge in [0, 0.05) is 44.2 Å². The monoisotopic (exact) mass is 623 g/mol. The van der Waals surface area contributed by atoms with Gasteiger partial charge in [0.2, 0.25) is 13.1 Å². The van der Waals surface area contributed by atoms with Crippen LogP contribution in [-0.2, 0) is 23.7 Å². The number of fused-ring (bicyclic) bond motifs is 2. The lowest BCUT2D eigenvalue weighted by Gasteiger charge is -2.39. The first-order valence-electron chi connectivity index (χ1n) is 15.7. The van der Waals surface area contributed by atoms with Crippen LogP contribution in [0.4, 0.5) is 0 Å². The largest absolute Gasteiger partial charge is 0.459 e. The molecule has 3 aliphatic rings. The van der Waals surface area contributed by atoms with Crippen molar-refractivity contribution in [2.45, 2.75) is 44.4 Å². The lowest BCUT2D eigenvalue weighted by Crippen LogP contribution is -2.44. The summed E-state index contributed by atoms with van der Waals surface area (Å²) < 4.78 is 36.6. The van der Waals surface area contributed by atoms with E-state index in [4.69, 9.17) is 33.5 Å². The summed E-state index contributed by atoms with van der Waals surface area (Å²) in [5, 5.41) is 8.90. The third-order valence-corrected chi connectivity index (χ3v) is 8.65. The molecule has 242 valence electrons. The number of aromatic amines is 1. The highest BCUT2D eigenvalue weighted by atomic mass is 16.7. The van der Waals surface area contributed by atoms with Crippen LogP contribution >= 0.6 is 0 Å². The van der Waals surface area contributed by atoms with Crippen molar-refractivity contribution in [3.63, 3.8) is 0 Å². The summed E-state index contributed by atoms with van der Waals surface area (Å²) in [6.45, 7) is 4.98. The van der Waals surface area contributed by atoms with Crippen molar-refractivity contribution in [3.8, 4) is 11.5 Å². The molecule has 0 unspecified atom stereocenters. The molecule has 0 spiro atoms. The fourth-order valence-electron chi connectivity index (χ4n) is 6.46. The van der Waals surface area contributed by atoms with E-state index in [0.29, 0.717) is 70.3 Å². The van der Waals surface area contributed by atoms with E-state index >= 15 is 0 Å². The van der Waals surface area contributed by atoms with Crippen LogP contribution in [0.15, 0.2) is 59.1 Å². The standard InChI is InChI=1S/C33H41N3O9/c1-2-42-32-24(11-15-40-17-18-41-16-14-37)25(22-7-8-28-29(19-22)44-21-43-28)20-30(45-32)31(38)35-12-9-23(10-13-35)36-27-6-4-3-5-26(27)34-33(36)39/h3-8,19-20,23-25,32,37H,2,9-18,21H2,1H3,(H,34,39)/t24-,25-,32-/m1/s1. The van der Waals surface area contributed by atoms with Crippen molar-refractivity contribution in [3.05, 3.63) is 70.3 Å². The number of ether oxygens (including phenoxy) is 6. The molecule has 0 radical (unpaired) electrons. The SMILES string of the molecule is CCO[C@@H]1OC(C(=O)N2CCC(n3c(=O)[nH]c4ccccc43)CC2)=C[C@H](c2ccc3c(c2)OCO3)[C@H]1CCOCCOCCO. The summed E-state index contributed by atoms with van der Waals surface area (Å²) in [4.78, 5) is 31.4. The number of amides is 1. The molecule has 1 saturated heterocycles. The third kappa shape index (κ3) is 6.89. The molecule has 1 amide bonds. The van der Waals surface area contributed by atoms with Gasteiger partial charge in [-0.05, 0) is 62.1 Å². The number of benzene rings is 2. The molecule has 4 heterocycles. The number of allylic oxidation sites excluding steroid dienone is 1. The zero-order valence-electron chi connectivity index (χ0n) is 25.5. The van der Waals surface area contributed by atoms with E-state index in [2.05, 4.69) is 4.98 Å². The van der Waals surface area contributed by atoms with Gasteiger partial charge in [-0.3, -0.25) is 9.36 Å². The Morgan fingerprint density at radius 2 is 1.80 bits per heavy atom. The molecule has 0 bridgehead atoms. The average molecular weight is 624 g/mol. The molecule has 12 nitrogen and oxygen atoms in total. The third-order valence-electron chi connectivity index (χ3n) is 8.65. The number of aliphatic hydroxyl groups excluding tert-OH is 1. The van der Waals surface area contributed by atoms with E-state index in [1.807, 2.05) is 60.0 Å². The highest BCUT2D eigenvalue weighted by molar-refractivity contribution is 5.92. The van der Waals surface area contributed by atoms with Gasteiger partial charge in [0.25, 0.3) is 5.91 Å². The Morgan fingerprint density at radius 3 is 2.60 bits per heavy atom. The molecule has 1 aromatic heterocycles. The Balaban J connectivity index is 1.19. The Hall–Kier alpha value is -3.84. The van der Waals surface area contributed by atoms with Crippen LogP contribution in [0.3, 0.4) is 0 Å². The normalized spacial score (nSPS) is 21.6. The van der Waals surface area contributed by atoms with Gasteiger partial charge in [0.15, 0.2) is 17.3 Å². The smallest absolute Gasteiger partial charge is 0.326 e. The highest BCUT2D eigenvalue weighted by Gasteiger charge is 2.40. The van der Waals surface area contributed by atoms with Gasteiger partial charge in [-0.25, -0.2) is 4.79 Å². The molecule has 12 heteroatoms. The van der Waals surface area contributed by atoms with E-state index in [-0.39, 0.29) is 55.2 Å². The van der Waals surface area contributed by atoms with E-state index in [1.54, 1.807) is 4.90 Å². The number of imidazole rings is 1. The van der Waals surface area contributed by atoms with E-state index in [9.17, 15) is 9.59 Å². The van der Waals surface area contributed by atoms with Crippen LogP contribution < -0.4 is 15.2 Å². The molecule has 1 fully saturated rings. The average Bonchev–Trinajstić information content (AvgIpc) is 3.67. The number of aromatic nitrogens is 2. The van der Waals surface area contributed by atoms with Crippen LogP contribution in [0.25, 0.3) is 11.0 Å². The molecule has 0 aliphatic carbocycles. The van der Waals surface area contributed by atoms with Crippen molar-refractivity contribution in [2.75, 3.05) is 59.5 Å². The van der Waals surface area contributed by atoms with Crippen LogP contribution in [0.1, 0.15) is 43.7 Å². The second kappa shape index (κ2) is 14.5. The number of rotatable bonds is 13. The molecule has 6 rings (SSSR count). The van der Waals surface area contributed by atoms with Gasteiger partial charge >= 0.3 is 5.69 Å². The van der Waals surface area contributed by atoms with Gasteiger partial charge in [-0.2, -0.15) is 0 Å². The predicted octanol–water partition coefficient (Wildman–Crippen LogP) is 3.31. The maximum Gasteiger partial charge on any atom is 0.326 e. The van der Waals surface area contributed by atoms with Crippen LogP contribution in [0.2, 0.25) is 0 Å². The lowest BCUT2D eigenvalue weighted by atomic mass is 9.81. The number of aliphatic hydroxyl groups is 1. The Bertz CT molecular complexity index is 1540. The first-order chi connectivity index (χ1) is 22.1. The molecular weight excluding hydrogens is 582 g/mol. The second-order valence-electron chi connectivity index (χ2n) is 11.4. The fourth-order valence-corrected chi connectivity index (χ4v) is 6.46. The number of likely N-dealkylation sites (tertiary alicyclic amines) is 1. The number of hydrogen-bond acceptors (Lipinski definition) is 9. The first-order valence-corrected chi connectivity index (χ1v) is 15.7.